The second-order valence-electron chi connectivity index (χ2n) is 8.74. The number of fused-ring (bicyclic) bond motifs is 1. The highest BCUT2D eigenvalue weighted by atomic mass is 16.5. The van der Waals surface area contributed by atoms with Crippen LogP contribution in [0.25, 0.3) is 10.9 Å². The van der Waals surface area contributed by atoms with E-state index in [2.05, 4.69) is 60.5 Å². The van der Waals surface area contributed by atoms with Gasteiger partial charge in [-0.3, -0.25) is 9.69 Å². The number of hydrogen-bond acceptors (Lipinski definition) is 8. The highest BCUT2D eigenvalue weighted by Crippen LogP contribution is 2.30. The Morgan fingerprint density at radius 3 is 2.82 bits per heavy atom. The molecule has 0 spiro atoms. The van der Waals surface area contributed by atoms with E-state index in [1.807, 2.05) is 12.3 Å². The third-order valence-electron chi connectivity index (χ3n) is 5.95. The van der Waals surface area contributed by atoms with Crippen LogP contribution in [0.1, 0.15) is 36.6 Å². The fourth-order valence-corrected chi connectivity index (χ4v) is 3.96. The van der Waals surface area contributed by atoms with Crippen LogP contribution in [0.2, 0.25) is 0 Å². The van der Waals surface area contributed by atoms with E-state index in [4.69, 9.17) is 4.74 Å². The highest BCUT2D eigenvalue weighted by Gasteiger charge is 2.30. The maximum atomic E-state index is 12.1. The Labute approximate surface area is 198 Å². The number of aromatic nitrogens is 4. The minimum atomic E-state index is -0.0139. The first-order valence-electron chi connectivity index (χ1n) is 11.5. The van der Waals surface area contributed by atoms with Gasteiger partial charge in [-0.1, -0.05) is 12.0 Å². The van der Waals surface area contributed by atoms with Crippen LogP contribution in [0, 0.1) is 17.8 Å². The molecule has 3 aromatic heterocycles. The molecule has 2 fully saturated rings. The number of ether oxygens (including phenoxy) is 1. The van der Waals surface area contributed by atoms with E-state index >= 15 is 0 Å². The van der Waals surface area contributed by atoms with Gasteiger partial charge in [-0.05, 0) is 43.4 Å². The molecule has 0 aromatic carbocycles. The molecule has 1 amide bonds. The molecule has 9 heteroatoms. The lowest BCUT2D eigenvalue weighted by Gasteiger charge is -2.30. The topological polar surface area (TPSA) is 105 Å². The highest BCUT2D eigenvalue weighted by molar-refractivity contribution is 5.97. The van der Waals surface area contributed by atoms with Crippen molar-refractivity contribution in [2.75, 3.05) is 37.4 Å². The first kappa shape index (κ1) is 22.2. The van der Waals surface area contributed by atoms with Crippen molar-refractivity contribution in [2.45, 2.75) is 32.4 Å². The van der Waals surface area contributed by atoms with Crippen LogP contribution in [-0.4, -0.2) is 63.8 Å². The lowest BCUT2D eigenvalue weighted by Crippen LogP contribution is -2.40. The van der Waals surface area contributed by atoms with Gasteiger partial charge in [-0.15, -0.1) is 10.2 Å². The molecule has 2 N–H and O–H groups in total. The molecule has 2 aliphatic rings. The summed E-state index contributed by atoms with van der Waals surface area (Å²) >= 11 is 0. The summed E-state index contributed by atoms with van der Waals surface area (Å²) in [5.41, 5.74) is 3.12. The Bertz CT molecular complexity index is 1260. The van der Waals surface area contributed by atoms with Crippen LogP contribution in [-0.2, 0) is 16.1 Å². The molecule has 0 radical (unpaired) electrons. The smallest absolute Gasteiger partial charge is 0.228 e. The molecule has 9 nitrogen and oxygen atoms in total. The van der Waals surface area contributed by atoms with Gasteiger partial charge in [0.2, 0.25) is 5.91 Å². The first-order valence-corrected chi connectivity index (χ1v) is 11.5. The van der Waals surface area contributed by atoms with Crippen molar-refractivity contribution in [2.24, 2.45) is 5.92 Å². The van der Waals surface area contributed by atoms with Gasteiger partial charge in [0.1, 0.15) is 11.2 Å². The van der Waals surface area contributed by atoms with Gasteiger partial charge in [0.15, 0.2) is 11.6 Å². The molecule has 5 rings (SSSR count). The molecule has 3 aromatic rings. The summed E-state index contributed by atoms with van der Waals surface area (Å²) in [7, 11) is 1.78. The number of amides is 1. The number of nitrogens with one attached hydrogen (secondary N) is 2. The van der Waals surface area contributed by atoms with E-state index in [9.17, 15) is 4.79 Å². The molecule has 1 atom stereocenters. The van der Waals surface area contributed by atoms with Crippen LogP contribution in [0.15, 0.2) is 30.6 Å². The standard InChI is InChI=1S/C25H27N7O2/c1-16-14-32(9-10-34-16)15-17-3-7-20(27-12-17)8-6-19-13-28-24(26-2)23-21(19)11-22(30-31-23)29-25(33)18-4-5-18/h3,7,11-13,16,18H,4-5,9-10,14-15H2,1-2H3,(H,26,28)(H,29,30,33)/t16-/m0/s1. The van der Waals surface area contributed by atoms with Crippen molar-refractivity contribution in [3.63, 3.8) is 0 Å². The van der Waals surface area contributed by atoms with Gasteiger partial charge >= 0.3 is 0 Å². The van der Waals surface area contributed by atoms with Gasteiger partial charge in [-0.2, -0.15) is 0 Å². The van der Waals surface area contributed by atoms with E-state index < -0.39 is 0 Å². The minimum Gasteiger partial charge on any atom is -0.376 e. The monoisotopic (exact) mass is 457 g/mol. The van der Waals surface area contributed by atoms with Crippen molar-refractivity contribution in [3.8, 4) is 11.8 Å². The number of carbonyl (C=O) groups excluding carboxylic acids is 1. The Balaban J connectivity index is 1.36. The average molecular weight is 458 g/mol. The Morgan fingerprint density at radius 1 is 1.21 bits per heavy atom. The second-order valence-corrected chi connectivity index (χ2v) is 8.74. The van der Waals surface area contributed by atoms with Crippen LogP contribution in [0.4, 0.5) is 11.6 Å². The predicted molar refractivity (Wildman–Crippen MR) is 129 cm³/mol. The van der Waals surface area contributed by atoms with E-state index in [0.29, 0.717) is 28.4 Å². The van der Waals surface area contributed by atoms with Crippen molar-refractivity contribution in [1.29, 1.82) is 0 Å². The van der Waals surface area contributed by atoms with Gasteiger partial charge < -0.3 is 15.4 Å². The molecular weight excluding hydrogens is 430 g/mol. The minimum absolute atomic E-state index is 0.0139. The average Bonchev–Trinajstić information content (AvgIpc) is 3.69. The molecule has 0 bridgehead atoms. The van der Waals surface area contributed by atoms with E-state index in [1.54, 1.807) is 19.3 Å². The molecule has 1 aliphatic heterocycles. The molecule has 1 saturated carbocycles. The zero-order chi connectivity index (χ0) is 23.5. The normalized spacial score (nSPS) is 18.2. The molecule has 0 unspecified atom stereocenters. The van der Waals surface area contributed by atoms with Gasteiger partial charge in [-0.25, -0.2) is 9.97 Å². The maximum absolute atomic E-state index is 12.1. The number of morpholine rings is 1. The Morgan fingerprint density at radius 2 is 2.09 bits per heavy atom. The summed E-state index contributed by atoms with van der Waals surface area (Å²) in [4.78, 5) is 23.5. The van der Waals surface area contributed by atoms with Crippen molar-refractivity contribution in [1.82, 2.24) is 25.1 Å². The predicted octanol–water partition coefficient (Wildman–Crippen LogP) is 2.43. The summed E-state index contributed by atoms with van der Waals surface area (Å²) in [6.07, 6.45) is 5.69. The van der Waals surface area contributed by atoms with Gasteiger partial charge in [0.05, 0.1) is 18.3 Å². The quantitative estimate of drug-likeness (QED) is 0.563. The number of hydrogen-bond donors (Lipinski definition) is 2. The molecule has 1 saturated heterocycles. The van der Waals surface area contributed by atoms with E-state index in [-0.39, 0.29) is 17.9 Å². The summed E-state index contributed by atoms with van der Waals surface area (Å²) in [6.45, 7) is 5.57. The van der Waals surface area contributed by atoms with Crippen LogP contribution in [0.5, 0.6) is 0 Å². The Kier molecular flexibility index (Phi) is 6.34. The SMILES string of the molecule is CNc1ncc(C#Cc2ccc(CN3CCO[C@@H](C)C3)cn2)c2cc(NC(=O)C3CC3)nnc12. The van der Waals surface area contributed by atoms with Crippen LogP contribution in [0.3, 0.4) is 0 Å². The van der Waals surface area contributed by atoms with Gasteiger partial charge in [0, 0.05) is 50.4 Å². The maximum Gasteiger partial charge on any atom is 0.228 e. The first-order chi connectivity index (χ1) is 16.6. The second kappa shape index (κ2) is 9.71. The molecule has 174 valence electrons. The summed E-state index contributed by atoms with van der Waals surface area (Å²) in [5.74, 6) is 7.39. The number of nitrogens with zero attached hydrogens (tertiary/aromatic N) is 5. The lowest BCUT2D eigenvalue weighted by molar-refractivity contribution is -0.117. The lowest BCUT2D eigenvalue weighted by atomic mass is 10.1. The summed E-state index contributed by atoms with van der Waals surface area (Å²) < 4.78 is 5.61. The molecule has 34 heavy (non-hydrogen) atoms. The zero-order valence-electron chi connectivity index (χ0n) is 19.3. The molecular formula is C25H27N7O2. The summed E-state index contributed by atoms with van der Waals surface area (Å²) in [6, 6.07) is 5.80. The largest absolute Gasteiger partial charge is 0.376 e. The number of anilines is 2. The Hall–Kier alpha value is -3.61. The van der Waals surface area contributed by atoms with Crippen molar-refractivity contribution in [3.05, 3.63) is 47.4 Å². The third-order valence-corrected chi connectivity index (χ3v) is 5.95. The van der Waals surface area contributed by atoms with Crippen molar-refractivity contribution >= 4 is 28.4 Å². The van der Waals surface area contributed by atoms with Crippen LogP contribution < -0.4 is 10.6 Å². The zero-order valence-corrected chi connectivity index (χ0v) is 19.3. The van der Waals surface area contributed by atoms with E-state index in [1.165, 1.54) is 0 Å². The fourth-order valence-electron chi connectivity index (χ4n) is 3.96. The number of carbonyl (C=O) groups is 1. The van der Waals surface area contributed by atoms with Crippen LogP contribution >= 0.6 is 0 Å². The third kappa shape index (κ3) is 5.14. The number of rotatable bonds is 5. The molecule has 4 heterocycles. The van der Waals surface area contributed by atoms with E-state index in [0.717, 1.165) is 50.0 Å². The van der Waals surface area contributed by atoms with Gasteiger partial charge in [0.25, 0.3) is 0 Å². The fraction of sp³-hybridized carbons (Fsp3) is 0.400. The van der Waals surface area contributed by atoms with Crippen molar-refractivity contribution < 1.29 is 9.53 Å². The molecule has 1 aliphatic carbocycles. The summed E-state index contributed by atoms with van der Waals surface area (Å²) in [5, 5.41) is 15.1. The number of pyridine rings is 2.